The molecule has 30 heavy (non-hydrogen) atoms. The smallest absolute Gasteiger partial charge is 0.239 e. The van der Waals surface area contributed by atoms with E-state index in [1.165, 1.54) is 47.7 Å². The van der Waals surface area contributed by atoms with Crippen molar-refractivity contribution < 1.29 is 43.4 Å². The third-order valence-corrected chi connectivity index (χ3v) is 4.47. The van der Waals surface area contributed by atoms with Crippen LogP contribution in [0.4, 0.5) is 0 Å². The van der Waals surface area contributed by atoms with Crippen molar-refractivity contribution in [3.8, 4) is 57.3 Å². The summed E-state index contributed by atoms with van der Waals surface area (Å²) in [7, 11) is 6.45. The summed E-state index contributed by atoms with van der Waals surface area (Å²) in [5.41, 5.74) is -0.776. The highest BCUT2D eigenvalue weighted by molar-refractivity contribution is 5.96. The Morgan fingerprint density at radius 3 is 1.67 bits per heavy atom. The maximum absolute atomic E-state index is 13.2. The van der Waals surface area contributed by atoms with Gasteiger partial charge in [-0.1, -0.05) is 0 Å². The van der Waals surface area contributed by atoms with Gasteiger partial charge in [-0.15, -0.1) is 0 Å². The minimum Gasteiger partial charge on any atom is -0.504 e. The molecule has 0 radical (unpaired) electrons. The highest BCUT2D eigenvalue weighted by atomic mass is 16.5. The number of hydrogen-bond donors (Lipinski definition) is 3. The van der Waals surface area contributed by atoms with E-state index in [0.29, 0.717) is 0 Å². The van der Waals surface area contributed by atoms with E-state index < -0.39 is 11.2 Å². The minimum atomic E-state index is -0.736. The summed E-state index contributed by atoms with van der Waals surface area (Å²) >= 11 is 0. The first kappa shape index (κ1) is 20.8. The van der Waals surface area contributed by atoms with Crippen LogP contribution in [0.15, 0.2) is 21.3 Å². The van der Waals surface area contributed by atoms with Crippen LogP contribution in [0.5, 0.6) is 46.0 Å². The highest BCUT2D eigenvalue weighted by Gasteiger charge is 2.29. The number of phenols is 3. The molecule has 0 bridgehead atoms. The van der Waals surface area contributed by atoms with E-state index in [0.717, 1.165) is 0 Å². The zero-order valence-electron chi connectivity index (χ0n) is 16.9. The summed E-state index contributed by atoms with van der Waals surface area (Å²) in [4.78, 5) is 13.2. The fourth-order valence-corrected chi connectivity index (χ4v) is 3.20. The molecule has 0 amide bonds. The minimum absolute atomic E-state index is 0.00434. The van der Waals surface area contributed by atoms with E-state index in [1.807, 2.05) is 0 Å². The molecular weight excluding hydrogens is 400 g/mol. The monoisotopic (exact) mass is 420 g/mol. The lowest BCUT2D eigenvalue weighted by Crippen LogP contribution is -2.09. The Morgan fingerprint density at radius 2 is 1.20 bits per heavy atom. The maximum Gasteiger partial charge on any atom is 0.239 e. The Hall–Kier alpha value is -3.95. The molecule has 10 nitrogen and oxygen atoms in total. The SMILES string of the molecule is COc1c(O)cc(-c2oc3c(OC)c(OC)c(OC)c(O)c3c(=O)c2OC)cc1O. The molecule has 1 heterocycles. The van der Waals surface area contributed by atoms with E-state index >= 15 is 0 Å². The van der Waals surface area contributed by atoms with Gasteiger partial charge in [0.15, 0.2) is 28.6 Å². The zero-order valence-corrected chi connectivity index (χ0v) is 16.9. The molecule has 3 aromatic rings. The van der Waals surface area contributed by atoms with Gasteiger partial charge in [-0.05, 0) is 12.1 Å². The lowest BCUT2D eigenvalue weighted by molar-refractivity contribution is 0.310. The van der Waals surface area contributed by atoms with Crippen LogP contribution in [0.2, 0.25) is 0 Å². The van der Waals surface area contributed by atoms with Crippen molar-refractivity contribution in [2.75, 3.05) is 35.5 Å². The number of methoxy groups -OCH3 is 5. The quantitative estimate of drug-likeness (QED) is 0.546. The average Bonchev–Trinajstić information content (AvgIpc) is 2.72. The summed E-state index contributed by atoms with van der Waals surface area (Å²) in [5.74, 6) is -1.99. The molecule has 0 aliphatic heterocycles. The molecule has 10 heteroatoms. The number of benzene rings is 2. The van der Waals surface area contributed by atoms with E-state index in [4.69, 9.17) is 28.1 Å². The molecule has 160 valence electrons. The second kappa shape index (κ2) is 7.82. The normalized spacial score (nSPS) is 10.7. The number of aromatic hydroxyl groups is 3. The summed E-state index contributed by atoms with van der Waals surface area (Å²) < 4.78 is 31.8. The maximum atomic E-state index is 13.2. The Bertz CT molecular complexity index is 1160. The number of rotatable bonds is 6. The van der Waals surface area contributed by atoms with Crippen LogP contribution < -0.4 is 29.1 Å². The number of hydrogen-bond acceptors (Lipinski definition) is 10. The molecule has 2 aromatic carbocycles. The van der Waals surface area contributed by atoms with Crippen molar-refractivity contribution in [1.82, 2.24) is 0 Å². The Morgan fingerprint density at radius 1 is 0.700 bits per heavy atom. The molecule has 0 saturated heterocycles. The summed E-state index contributed by atoms with van der Waals surface area (Å²) in [5, 5.41) is 30.6. The Balaban J connectivity index is 2.51. The third kappa shape index (κ3) is 2.93. The molecule has 0 unspecified atom stereocenters. The van der Waals surface area contributed by atoms with Gasteiger partial charge in [0.1, 0.15) is 5.39 Å². The molecule has 0 aliphatic carbocycles. The lowest BCUT2D eigenvalue weighted by atomic mass is 10.1. The topological polar surface area (TPSA) is 137 Å². The van der Waals surface area contributed by atoms with Crippen molar-refractivity contribution in [2.45, 2.75) is 0 Å². The second-order valence-corrected chi connectivity index (χ2v) is 5.99. The van der Waals surface area contributed by atoms with Crippen molar-refractivity contribution in [1.29, 1.82) is 0 Å². The zero-order chi connectivity index (χ0) is 22.2. The molecule has 0 fully saturated rings. The molecule has 1 aromatic heterocycles. The van der Waals surface area contributed by atoms with E-state index in [9.17, 15) is 20.1 Å². The Kier molecular flexibility index (Phi) is 5.41. The fourth-order valence-electron chi connectivity index (χ4n) is 3.20. The highest BCUT2D eigenvalue weighted by Crippen LogP contribution is 2.51. The molecule has 0 aliphatic rings. The summed E-state index contributed by atoms with van der Waals surface area (Å²) in [6.07, 6.45) is 0. The molecule has 0 atom stereocenters. The van der Waals surface area contributed by atoms with Gasteiger partial charge in [-0.3, -0.25) is 4.79 Å². The first-order chi connectivity index (χ1) is 14.3. The number of ether oxygens (including phenoxy) is 5. The van der Waals surface area contributed by atoms with Crippen LogP contribution in [0, 0.1) is 0 Å². The third-order valence-electron chi connectivity index (χ3n) is 4.47. The van der Waals surface area contributed by atoms with Gasteiger partial charge >= 0.3 is 0 Å². The average molecular weight is 420 g/mol. The molecular formula is C20H20O10. The summed E-state index contributed by atoms with van der Waals surface area (Å²) in [6, 6.07) is 2.44. The molecule has 0 spiro atoms. The number of fused-ring (bicyclic) bond motifs is 1. The van der Waals surface area contributed by atoms with Crippen LogP contribution in [0.1, 0.15) is 0 Å². The van der Waals surface area contributed by atoms with Crippen molar-refractivity contribution in [2.24, 2.45) is 0 Å². The summed E-state index contributed by atoms with van der Waals surface area (Å²) in [6.45, 7) is 0. The van der Waals surface area contributed by atoms with E-state index in [1.54, 1.807) is 0 Å². The predicted octanol–water partition coefficient (Wildman–Crippen LogP) is 2.62. The van der Waals surface area contributed by atoms with Crippen molar-refractivity contribution in [3.05, 3.63) is 22.4 Å². The van der Waals surface area contributed by atoms with Crippen LogP contribution in [-0.4, -0.2) is 50.9 Å². The van der Waals surface area contributed by atoms with Crippen molar-refractivity contribution >= 4 is 11.0 Å². The van der Waals surface area contributed by atoms with Gasteiger partial charge in [0.05, 0.1) is 35.5 Å². The standard InChI is InChI=1S/C20H20O10/c1-25-15-9(21)6-8(7-10(15)22)14-17(26-2)12(23)11-13(24)18(27-3)20(29-5)19(28-4)16(11)30-14/h6-7,21-22,24H,1-5H3. The molecule has 3 N–H and O–H groups in total. The first-order valence-electron chi connectivity index (χ1n) is 8.50. The van der Waals surface area contributed by atoms with E-state index in [2.05, 4.69) is 0 Å². The predicted molar refractivity (Wildman–Crippen MR) is 106 cm³/mol. The van der Waals surface area contributed by atoms with Crippen LogP contribution in [0.25, 0.3) is 22.3 Å². The van der Waals surface area contributed by atoms with Crippen LogP contribution >= 0.6 is 0 Å². The van der Waals surface area contributed by atoms with Gasteiger partial charge in [-0.2, -0.15) is 0 Å². The fraction of sp³-hybridized carbons (Fsp3) is 0.250. The van der Waals surface area contributed by atoms with Gasteiger partial charge in [0.25, 0.3) is 0 Å². The van der Waals surface area contributed by atoms with E-state index in [-0.39, 0.29) is 62.5 Å². The van der Waals surface area contributed by atoms with Crippen LogP contribution in [0.3, 0.4) is 0 Å². The van der Waals surface area contributed by atoms with Gasteiger partial charge in [0, 0.05) is 5.56 Å². The van der Waals surface area contributed by atoms with Gasteiger partial charge < -0.3 is 43.4 Å². The van der Waals surface area contributed by atoms with Gasteiger partial charge in [-0.25, -0.2) is 0 Å². The Labute approximate surface area is 170 Å². The number of phenolic OH excluding ortho intramolecular Hbond substituents is 3. The van der Waals surface area contributed by atoms with Crippen LogP contribution in [-0.2, 0) is 0 Å². The van der Waals surface area contributed by atoms with Gasteiger partial charge in [0.2, 0.25) is 34.2 Å². The molecule has 3 rings (SSSR count). The second-order valence-electron chi connectivity index (χ2n) is 5.99. The van der Waals surface area contributed by atoms with Crippen molar-refractivity contribution in [3.63, 3.8) is 0 Å². The lowest BCUT2D eigenvalue weighted by Gasteiger charge is -2.17. The molecule has 0 saturated carbocycles. The largest absolute Gasteiger partial charge is 0.504 e. The first-order valence-corrected chi connectivity index (χ1v) is 8.50.